The number of benzene rings is 1. The van der Waals surface area contributed by atoms with Crippen molar-refractivity contribution in [2.24, 2.45) is 0 Å². The molecule has 0 unspecified atom stereocenters. The summed E-state index contributed by atoms with van der Waals surface area (Å²) in [5, 5.41) is 3.25. The number of esters is 2. The maximum Gasteiger partial charge on any atom is 0.332 e. The summed E-state index contributed by atoms with van der Waals surface area (Å²) >= 11 is 0. The average Bonchev–Trinajstić information content (AvgIpc) is 2.63. The first-order valence-electron chi connectivity index (χ1n) is 9.58. The molecule has 6 nitrogen and oxygen atoms in total. The lowest BCUT2D eigenvalue weighted by molar-refractivity contribution is -0.163. The summed E-state index contributed by atoms with van der Waals surface area (Å²) in [5.74, 6) is -0.578. The number of hydrogen-bond donors (Lipinski definition) is 1. The second-order valence-electron chi connectivity index (χ2n) is 7.90. The molecule has 27 heavy (non-hydrogen) atoms. The summed E-state index contributed by atoms with van der Waals surface area (Å²) in [7, 11) is 0. The normalized spacial score (nSPS) is 20.1. The number of hydrogen-bond acceptors (Lipinski definition) is 6. The van der Waals surface area contributed by atoms with E-state index in [2.05, 4.69) is 5.32 Å². The van der Waals surface area contributed by atoms with Crippen molar-refractivity contribution < 1.29 is 23.8 Å². The maximum atomic E-state index is 11.9. The molecule has 0 saturated heterocycles. The van der Waals surface area contributed by atoms with E-state index in [4.69, 9.17) is 14.2 Å². The van der Waals surface area contributed by atoms with Gasteiger partial charge in [0.25, 0.3) is 0 Å². The first-order chi connectivity index (χ1) is 12.8. The van der Waals surface area contributed by atoms with Gasteiger partial charge in [-0.25, -0.2) is 4.79 Å². The molecule has 1 fully saturated rings. The predicted octanol–water partition coefficient (Wildman–Crippen LogP) is 2.99. The van der Waals surface area contributed by atoms with Gasteiger partial charge in [0, 0.05) is 6.04 Å². The van der Waals surface area contributed by atoms with Crippen molar-refractivity contribution in [1.29, 1.82) is 0 Å². The van der Waals surface area contributed by atoms with E-state index in [9.17, 15) is 9.59 Å². The van der Waals surface area contributed by atoms with Crippen LogP contribution >= 0.6 is 0 Å². The van der Waals surface area contributed by atoms with Gasteiger partial charge in [0.1, 0.15) is 18.8 Å². The van der Waals surface area contributed by atoms with Gasteiger partial charge in [0.2, 0.25) is 0 Å². The topological polar surface area (TPSA) is 73.9 Å². The Labute approximate surface area is 161 Å². The van der Waals surface area contributed by atoms with Crippen LogP contribution < -0.4 is 5.32 Å². The highest BCUT2D eigenvalue weighted by Gasteiger charge is 2.24. The van der Waals surface area contributed by atoms with Crippen LogP contribution in [0.25, 0.3) is 0 Å². The lowest BCUT2D eigenvalue weighted by atomic mass is 9.93. The monoisotopic (exact) mass is 377 g/mol. The molecule has 0 radical (unpaired) electrons. The standard InChI is InChI=1S/C21H31NO5/c1-21(2,3)27-20(24)15-25-18-11-9-17(10-12-18)22-13-19(23)26-14-16-7-5-4-6-8-16/h4-8,17-18,22H,9-15H2,1-3H3. The molecular weight excluding hydrogens is 346 g/mol. The zero-order valence-electron chi connectivity index (χ0n) is 16.5. The summed E-state index contributed by atoms with van der Waals surface area (Å²) in [4.78, 5) is 23.6. The van der Waals surface area contributed by atoms with Crippen LogP contribution in [0.5, 0.6) is 0 Å². The molecule has 1 N–H and O–H groups in total. The van der Waals surface area contributed by atoms with Gasteiger partial charge in [-0.1, -0.05) is 30.3 Å². The number of carbonyl (C=O) groups is 2. The van der Waals surface area contributed by atoms with Gasteiger partial charge in [-0.2, -0.15) is 0 Å². The molecule has 0 aromatic heterocycles. The highest BCUT2D eigenvalue weighted by atomic mass is 16.6. The molecule has 150 valence electrons. The van der Waals surface area contributed by atoms with E-state index in [0.717, 1.165) is 31.2 Å². The van der Waals surface area contributed by atoms with Crippen LogP contribution in [0.15, 0.2) is 30.3 Å². The number of nitrogens with one attached hydrogen (secondary N) is 1. The Kier molecular flexibility index (Phi) is 8.25. The van der Waals surface area contributed by atoms with Crippen LogP contribution in [0.3, 0.4) is 0 Å². The highest BCUT2D eigenvalue weighted by Crippen LogP contribution is 2.21. The Morgan fingerprint density at radius 3 is 2.33 bits per heavy atom. The van der Waals surface area contributed by atoms with Crippen molar-refractivity contribution in [3.63, 3.8) is 0 Å². The molecule has 1 aromatic rings. The average molecular weight is 377 g/mol. The molecule has 1 aliphatic rings. The third kappa shape index (κ3) is 9.02. The van der Waals surface area contributed by atoms with Gasteiger partial charge in [0.05, 0.1) is 12.6 Å². The molecule has 0 amide bonds. The molecule has 1 saturated carbocycles. The van der Waals surface area contributed by atoms with Gasteiger partial charge in [-0.05, 0) is 52.0 Å². The van der Waals surface area contributed by atoms with Crippen LogP contribution in [0.2, 0.25) is 0 Å². The summed E-state index contributed by atoms with van der Waals surface area (Å²) < 4.78 is 16.2. The van der Waals surface area contributed by atoms with Gasteiger partial charge < -0.3 is 19.5 Å². The molecule has 0 atom stereocenters. The van der Waals surface area contributed by atoms with E-state index in [1.165, 1.54) is 0 Å². The smallest absolute Gasteiger partial charge is 0.332 e. The Hall–Kier alpha value is -1.92. The maximum absolute atomic E-state index is 11.9. The Bertz CT molecular complexity index is 588. The second-order valence-corrected chi connectivity index (χ2v) is 7.90. The predicted molar refractivity (Wildman–Crippen MR) is 102 cm³/mol. The van der Waals surface area contributed by atoms with Crippen LogP contribution in [0, 0.1) is 0 Å². The Morgan fingerprint density at radius 2 is 1.70 bits per heavy atom. The molecule has 0 aliphatic heterocycles. The Morgan fingerprint density at radius 1 is 1.04 bits per heavy atom. The van der Waals surface area contributed by atoms with Crippen molar-refractivity contribution in [1.82, 2.24) is 5.32 Å². The van der Waals surface area contributed by atoms with Gasteiger partial charge >= 0.3 is 11.9 Å². The third-order valence-electron chi connectivity index (χ3n) is 4.31. The SMILES string of the molecule is CC(C)(C)OC(=O)COC1CCC(NCC(=O)OCc2ccccc2)CC1. The van der Waals surface area contributed by atoms with E-state index >= 15 is 0 Å². The largest absolute Gasteiger partial charge is 0.460 e. The van der Waals surface area contributed by atoms with Crippen molar-refractivity contribution in [2.75, 3.05) is 13.2 Å². The van der Waals surface area contributed by atoms with Crippen molar-refractivity contribution in [3.8, 4) is 0 Å². The molecule has 2 rings (SSSR count). The minimum Gasteiger partial charge on any atom is -0.460 e. The van der Waals surface area contributed by atoms with E-state index in [-0.39, 0.29) is 37.2 Å². The molecule has 6 heteroatoms. The minimum atomic E-state index is -0.489. The number of rotatable bonds is 8. The number of carbonyl (C=O) groups excluding carboxylic acids is 2. The summed E-state index contributed by atoms with van der Waals surface area (Å²) in [6.45, 7) is 6.02. The van der Waals surface area contributed by atoms with E-state index < -0.39 is 5.60 Å². The fourth-order valence-electron chi connectivity index (χ4n) is 3.01. The van der Waals surface area contributed by atoms with Gasteiger partial charge in [0.15, 0.2) is 0 Å². The van der Waals surface area contributed by atoms with E-state index in [1.807, 2.05) is 51.1 Å². The van der Waals surface area contributed by atoms with Crippen molar-refractivity contribution >= 4 is 11.9 Å². The van der Waals surface area contributed by atoms with Crippen LogP contribution in [0.1, 0.15) is 52.0 Å². The molecule has 1 aliphatic carbocycles. The quantitative estimate of drug-likeness (QED) is 0.702. The second kappa shape index (κ2) is 10.4. The van der Waals surface area contributed by atoms with Crippen molar-refractivity contribution in [3.05, 3.63) is 35.9 Å². The summed E-state index contributed by atoms with van der Waals surface area (Å²) in [6.07, 6.45) is 3.61. The van der Waals surface area contributed by atoms with Gasteiger partial charge in [-0.3, -0.25) is 4.79 Å². The van der Waals surface area contributed by atoms with Crippen LogP contribution in [-0.2, 0) is 30.4 Å². The van der Waals surface area contributed by atoms with Crippen LogP contribution in [-0.4, -0.2) is 42.8 Å². The first-order valence-corrected chi connectivity index (χ1v) is 9.58. The van der Waals surface area contributed by atoms with E-state index in [0.29, 0.717) is 6.61 Å². The zero-order chi connectivity index (χ0) is 19.7. The minimum absolute atomic E-state index is 0.00809. The third-order valence-corrected chi connectivity index (χ3v) is 4.31. The van der Waals surface area contributed by atoms with Gasteiger partial charge in [-0.15, -0.1) is 0 Å². The highest BCUT2D eigenvalue weighted by molar-refractivity contribution is 5.71. The molecule has 0 heterocycles. The lowest BCUT2D eigenvalue weighted by Crippen LogP contribution is -2.39. The summed E-state index contributed by atoms with van der Waals surface area (Å²) in [6, 6.07) is 9.91. The fraction of sp³-hybridized carbons (Fsp3) is 0.619. The molecular formula is C21H31NO5. The van der Waals surface area contributed by atoms with Crippen molar-refractivity contribution in [2.45, 2.75) is 70.8 Å². The zero-order valence-corrected chi connectivity index (χ0v) is 16.5. The Balaban J connectivity index is 1.56. The van der Waals surface area contributed by atoms with Crippen LogP contribution in [0.4, 0.5) is 0 Å². The summed E-state index contributed by atoms with van der Waals surface area (Å²) in [5.41, 5.74) is 0.491. The van der Waals surface area contributed by atoms with E-state index in [1.54, 1.807) is 0 Å². The molecule has 0 spiro atoms. The fourth-order valence-corrected chi connectivity index (χ4v) is 3.01. The number of ether oxygens (including phenoxy) is 3. The first kappa shape index (κ1) is 21.4. The lowest BCUT2D eigenvalue weighted by Gasteiger charge is -2.29. The molecule has 1 aromatic carbocycles. The molecule has 0 bridgehead atoms.